The Balaban J connectivity index is 2.14. The van der Waals surface area contributed by atoms with E-state index in [1.807, 2.05) is 18.2 Å². The molecule has 0 atom stereocenters. The van der Waals surface area contributed by atoms with E-state index in [4.69, 9.17) is 4.74 Å². The van der Waals surface area contributed by atoms with Gasteiger partial charge in [0.05, 0.1) is 0 Å². The van der Waals surface area contributed by atoms with E-state index in [0.717, 1.165) is 35.4 Å². The lowest BCUT2D eigenvalue weighted by molar-refractivity contribution is 0.473. The Morgan fingerprint density at radius 2 is 1.71 bits per heavy atom. The van der Waals surface area contributed by atoms with Gasteiger partial charge in [-0.2, -0.15) is 15.4 Å². The molecule has 0 saturated heterocycles. The summed E-state index contributed by atoms with van der Waals surface area (Å²) >= 11 is 0. The number of benzene rings is 2. The number of hydrogen-bond acceptors (Lipinski definition) is 3. The third-order valence-corrected chi connectivity index (χ3v) is 5.06. The summed E-state index contributed by atoms with van der Waals surface area (Å²) in [4.78, 5) is 0. The summed E-state index contributed by atoms with van der Waals surface area (Å²) in [7, 11) is 0. The standard InChI is InChI=1S/C20H25N3O/c1-6-7-9-16-14(4)12(2)13(3)15(5)20(16)24-18-11-8-10-17-19(18)22-23-21-17/h8,10-11H,6-7,9H2,1-5H3,(H,21,22,23). The molecule has 1 heterocycles. The average molecular weight is 323 g/mol. The smallest absolute Gasteiger partial charge is 0.157 e. The van der Waals surface area contributed by atoms with Crippen LogP contribution in [-0.4, -0.2) is 15.4 Å². The van der Waals surface area contributed by atoms with E-state index in [1.165, 1.54) is 34.2 Å². The van der Waals surface area contributed by atoms with Gasteiger partial charge in [0.25, 0.3) is 0 Å². The maximum Gasteiger partial charge on any atom is 0.157 e. The third kappa shape index (κ3) is 2.77. The average Bonchev–Trinajstić information content (AvgIpc) is 3.07. The zero-order valence-electron chi connectivity index (χ0n) is 15.2. The molecule has 0 aliphatic heterocycles. The summed E-state index contributed by atoms with van der Waals surface area (Å²) < 4.78 is 6.40. The van der Waals surface area contributed by atoms with Crippen molar-refractivity contribution in [2.75, 3.05) is 0 Å². The van der Waals surface area contributed by atoms with Gasteiger partial charge in [0.1, 0.15) is 11.3 Å². The fraction of sp³-hybridized carbons (Fsp3) is 0.400. The molecule has 3 aromatic rings. The monoisotopic (exact) mass is 323 g/mol. The minimum Gasteiger partial charge on any atom is -0.454 e. The highest BCUT2D eigenvalue weighted by molar-refractivity contribution is 5.80. The minimum absolute atomic E-state index is 0.754. The number of hydrogen-bond donors (Lipinski definition) is 1. The molecule has 0 unspecified atom stereocenters. The lowest BCUT2D eigenvalue weighted by atomic mass is 9.90. The van der Waals surface area contributed by atoms with E-state index in [0.29, 0.717) is 0 Å². The van der Waals surface area contributed by atoms with Crippen LogP contribution >= 0.6 is 0 Å². The predicted octanol–water partition coefficient (Wildman–Crippen LogP) is 5.33. The van der Waals surface area contributed by atoms with Crippen molar-refractivity contribution < 1.29 is 4.74 Å². The van der Waals surface area contributed by atoms with E-state index in [-0.39, 0.29) is 0 Å². The molecular weight excluding hydrogens is 298 g/mol. The predicted molar refractivity (Wildman–Crippen MR) is 98.0 cm³/mol. The number of rotatable bonds is 5. The van der Waals surface area contributed by atoms with Crippen molar-refractivity contribution in [1.82, 2.24) is 15.4 Å². The van der Waals surface area contributed by atoms with Gasteiger partial charge >= 0.3 is 0 Å². The number of aromatic amines is 1. The van der Waals surface area contributed by atoms with Crippen LogP contribution in [0.3, 0.4) is 0 Å². The Hall–Kier alpha value is -2.36. The first kappa shape index (κ1) is 16.5. The molecule has 0 spiro atoms. The molecule has 4 heteroatoms. The summed E-state index contributed by atoms with van der Waals surface area (Å²) in [6.45, 7) is 11.0. The second-order valence-electron chi connectivity index (χ2n) is 6.46. The topological polar surface area (TPSA) is 50.8 Å². The summed E-state index contributed by atoms with van der Waals surface area (Å²) in [5.74, 6) is 1.74. The van der Waals surface area contributed by atoms with Crippen LogP contribution in [0.25, 0.3) is 11.0 Å². The Bertz CT molecular complexity index is 880. The van der Waals surface area contributed by atoms with Crippen molar-refractivity contribution in [3.05, 3.63) is 46.0 Å². The van der Waals surface area contributed by atoms with E-state index in [9.17, 15) is 0 Å². The van der Waals surface area contributed by atoms with Gasteiger partial charge in [-0.3, -0.25) is 0 Å². The lowest BCUT2D eigenvalue weighted by Crippen LogP contribution is -2.03. The summed E-state index contributed by atoms with van der Waals surface area (Å²) in [5.41, 5.74) is 8.13. The molecule has 0 aliphatic carbocycles. The van der Waals surface area contributed by atoms with Crippen LogP contribution in [0, 0.1) is 27.7 Å². The largest absolute Gasteiger partial charge is 0.454 e. The Kier molecular flexibility index (Phi) is 4.56. The van der Waals surface area contributed by atoms with E-state index in [2.05, 4.69) is 50.0 Å². The molecule has 1 aromatic heterocycles. The molecule has 0 fully saturated rings. The van der Waals surface area contributed by atoms with Gasteiger partial charge in [-0.05, 0) is 80.5 Å². The maximum absolute atomic E-state index is 6.40. The molecule has 1 N–H and O–H groups in total. The SMILES string of the molecule is CCCCc1c(C)c(C)c(C)c(C)c1Oc1cccc2n[nH]nc12. The Morgan fingerprint density at radius 1 is 0.958 bits per heavy atom. The highest BCUT2D eigenvalue weighted by Gasteiger charge is 2.18. The highest BCUT2D eigenvalue weighted by atomic mass is 16.5. The molecule has 0 saturated carbocycles. The molecule has 2 aromatic carbocycles. The van der Waals surface area contributed by atoms with Gasteiger partial charge in [-0.15, -0.1) is 0 Å². The van der Waals surface area contributed by atoms with Gasteiger partial charge in [-0.1, -0.05) is 19.4 Å². The molecule has 4 nitrogen and oxygen atoms in total. The third-order valence-electron chi connectivity index (χ3n) is 5.06. The van der Waals surface area contributed by atoms with Gasteiger partial charge in [0.15, 0.2) is 11.3 Å². The molecule has 0 aliphatic rings. The zero-order chi connectivity index (χ0) is 17.3. The van der Waals surface area contributed by atoms with Crippen molar-refractivity contribution in [1.29, 1.82) is 0 Å². The van der Waals surface area contributed by atoms with Crippen molar-refractivity contribution in [3.63, 3.8) is 0 Å². The van der Waals surface area contributed by atoms with Crippen LogP contribution in [0.2, 0.25) is 0 Å². The van der Waals surface area contributed by atoms with E-state index in [1.54, 1.807) is 0 Å². The van der Waals surface area contributed by atoms with Crippen molar-refractivity contribution in [2.24, 2.45) is 0 Å². The number of ether oxygens (including phenoxy) is 1. The van der Waals surface area contributed by atoms with Crippen molar-refractivity contribution in [2.45, 2.75) is 53.9 Å². The van der Waals surface area contributed by atoms with Gasteiger partial charge in [0, 0.05) is 0 Å². The molecule has 3 rings (SSSR count). The zero-order valence-corrected chi connectivity index (χ0v) is 15.2. The number of para-hydroxylation sites is 1. The minimum atomic E-state index is 0.754. The van der Waals surface area contributed by atoms with Gasteiger partial charge in [-0.25, -0.2) is 0 Å². The highest BCUT2D eigenvalue weighted by Crippen LogP contribution is 2.38. The Morgan fingerprint density at radius 3 is 2.46 bits per heavy atom. The van der Waals surface area contributed by atoms with Crippen LogP contribution in [0.5, 0.6) is 11.5 Å². The first-order valence-electron chi connectivity index (χ1n) is 8.61. The van der Waals surface area contributed by atoms with Crippen LogP contribution in [0.4, 0.5) is 0 Å². The molecule has 24 heavy (non-hydrogen) atoms. The summed E-state index contributed by atoms with van der Waals surface area (Å²) in [5, 5.41) is 11.1. The lowest BCUT2D eigenvalue weighted by Gasteiger charge is -2.21. The molecule has 0 amide bonds. The number of H-pyrrole nitrogens is 1. The van der Waals surface area contributed by atoms with E-state index < -0.39 is 0 Å². The normalized spacial score (nSPS) is 11.2. The summed E-state index contributed by atoms with van der Waals surface area (Å²) in [6, 6.07) is 5.84. The number of fused-ring (bicyclic) bond motifs is 1. The first-order valence-corrected chi connectivity index (χ1v) is 8.61. The maximum atomic E-state index is 6.40. The summed E-state index contributed by atoms with van der Waals surface area (Å²) in [6.07, 6.45) is 3.37. The molecule has 0 radical (unpaired) electrons. The van der Waals surface area contributed by atoms with Gasteiger partial charge < -0.3 is 4.74 Å². The van der Waals surface area contributed by atoms with E-state index >= 15 is 0 Å². The fourth-order valence-corrected chi connectivity index (χ4v) is 3.18. The Labute approximate surface area is 143 Å². The van der Waals surface area contributed by atoms with Crippen LogP contribution < -0.4 is 4.74 Å². The van der Waals surface area contributed by atoms with Crippen LogP contribution in [-0.2, 0) is 6.42 Å². The number of nitrogens with zero attached hydrogens (tertiary/aromatic N) is 2. The second kappa shape index (κ2) is 6.63. The number of nitrogens with one attached hydrogen (secondary N) is 1. The molecule has 0 bridgehead atoms. The second-order valence-corrected chi connectivity index (χ2v) is 6.46. The number of unbranched alkanes of at least 4 members (excludes halogenated alkanes) is 1. The van der Waals surface area contributed by atoms with Crippen molar-refractivity contribution in [3.8, 4) is 11.5 Å². The molecule has 126 valence electrons. The van der Waals surface area contributed by atoms with Crippen molar-refractivity contribution >= 4 is 11.0 Å². The van der Waals surface area contributed by atoms with Crippen LogP contribution in [0.15, 0.2) is 18.2 Å². The van der Waals surface area contributed by atoms with Crippen LogP contribution in [0.1, 0.15) is 47.6 Å². The quantitative estimate of drug-likeness (QED) is 0.690. The molecular formula is C20H25N3O. The van der Waals surface area contributed by atoms with Gasteiger partial charge in [0.2, 0.25) is 0 Å². The first-order chi connectivity index (χ1) is 11.5. The number of aromatic nitrogens is 3. The fourth-order valence-electron chi connectivity index (χ4n) is 3.18.